The molecule has 0 unspecified atom stereocenters. The van der Waals surface area contributed by atoms with Crippen LogP contribution < -0.4 is 14.8 Å². The van der Waals surface area contributed by atoms with Crippen molar-refractivity contribution < 1.29 is 18.7 Å². The molecule has 0 aromatic heterocycles. The summed E-state index contributed by atoms with van der Waals surface area (Å²) in [6.07, 6.45) is 1.82. The van der Waals surface area contributed by atoms with Gasteiger partial charge in [0.1, 0.15) is 5.82 Å². The van der Waals surface area contributed by atoms with Crippen molar-refractivity contribution >= 4 is 17.7 Å². The molecule has 0 bridgehead atoms. The zero-order valence-corrected chi connectivity index (χ0v) is 14.4. The van der Waals surface area contributed by atoms with Crippen LogP contribution in [0.3, 0.4) is 0 Å². The normalized spacial score (nSPS) is 17.9. The zero-order chi connectivity index (χ0) is 17.2. The first kappa shape index (κ1) is 16.3. The molecule has 0 radical (unpaired) electrons. The number of carbonyl (C=O) groups is 1. The summed E-state index contributed by atoms with van der Waals surface area (Å²) in [4.78, 5) is 13.4. The Labute approximate surface area is 149 Å². The van der Waals surface area contributed by atoms with Gasteiger partial charge in [-0.3, -0.25) is 4.79 Å². The fourth-order valence-corrected chi connectivity index (χ4v) is 4.24. The third kappa shape index (κ3) is 3.58. The molecule has 0 spiro atoms. The van der Waals surface area contributed by atoms with Gasteiger partial charge < -0.3 is 14.8 Å². The average molecular weight is 359 g/mol. The first-order valence-corrected chi connectivity index (χ1v) is 9.28. The minimum Gasteiger partial charge on any atom is -0.454 e. The van der Waals surface area contributed by atoms with Crippen LogP contribution in [0.1, 0.15) is 30.0 Å². The number of ether oxygens (including phenoxy) is 2. The maximum atomic E-state index is 13.5. The van der Waals surface area contributed by atoms with E-state index < -0.39 is 0 Å². The largest absolute Gasteiger partial charge is 0.454 e. The molecule has 2 heterocycles. The Morgan fingerprint density at radius 2 is 2.08 bits per heavy atom. The Balaban J connectivity index is 1.38. The number of halogens is 1. The number of nitrogens with one attached hydrogen (secondary N) is 1. The van der Waals surface area contributed by atoms with Gasteiger partial charge in [0, 0.05) is 17.1 Å². The molecule has 2 aromatic rings. The van der Waals surface area contributed by atoms with Crippen molar-refractivity contribution in [3.63, 3.8) is 0 Å². The molecule has 2 aromatic carbocycles. The monoisotopic (exact) mass is 359 g/mol. The van der Waals surface area contributed by atoms with E-state index in [0.717, 1.165) is 39.7 Å². The van der Waals surface area contributed by atoms with Crippen molar-refractivity contribution in [3.05, 3.63) is 53.3 Å². The molecule has 25 heavy (non-hydrogen) atoms. The number of rotatable bonds is 4. The van der Waals surface area contributed by atoms with Crippen molar-refractivity contribution in [2.24, 2.45) is 0 Å². The van der Waals surface area contributed by atoms with Gasteiger partial charge >= 0.3 is 0 Å². The molecule has 4 rings (SSSR count). The van der Waals surface area contributed by atoms with Crippen LogP contribution in [0.5, 0.6) is 11.5 Å². The van der Waals surface area contributed by atoms with E-state index in [1.54, 1.807) is 17.8 Å². The van der Waals surface area contributed by atoms with Gasteiger partial charge in [-0.2, -0.15) is 0 Å². The van der Waals surface area contributed by atoms with Gasteiger partial charge in [0.15, 0.2) is 11.5 Å². The van der Waals surface area contributed by atoms with E-state index in [-0.39, 0.29) is 24.6 Å². The van der Waals surface area contributed by atoms with Gasteiger partial charge in [-0.15, -0.1) is 11.8 Å². The number of aryl methyl sites for hydroxylation is 1. The van der Waals surface area contributed by atoms with E-state index in [0.29, 0.717) is 12.8 Å². The average Bonchev–Trinajstić information content (AvgIpc) is 3.08. The predicted octanol–water partition coefficient (Wildman–Crippen LogP) is 3.84. The van der Waals surface area contributed by atoms with E-state index in [4.69, 9.17) is 9.47 Å². The van der Waals surface area contributed by atoms with E-state index in [9.17, 15) is 9.18 Å². The second kappa shape index (κ2) is 6.96. The summed E-state index contributed by atoms with van der Waals surface area (Å²) in [5.74, 6) is 2.11. The van der Waals surface area contributed by atoms with Gasteiger partial charge in [0.25, 0.3) is 0 Å². The number of thioether (sulfide) groups is 1. The highest BCUT2D eigenvalue weighted by Gasteiger charge is 2.23. The Hall–Kier alpha value is -2.21. The summed E-state index contributed by atoms with van der Waals surface area (Å²) in [5.41, 5.74) is 1.91. The van der Waals surface area contributed by atoms with Gasteiger partial charge in [-0.05, 0) is 54.3 Å². The standard InChI is InChI=1S/C19H18FNO3S/c20-13-3-5-18-14(10-13)15(7-8-25-18)21-19(22)6-2-12-1-4-16-17(9-12)24-11-23-16/h1,3-5,9-10,15H,2,6-8,11H2,(H,21,22)/t15-/m1/s1. The maximum absolute atomic E-state index is 13.5. The molecule has 130 valence electrons. The molecule has 2 aliphatic rings. The van der Waals surface area contributed by atoms with Crippen LogP contribution in [-0.4, -0.2) is 18.5 Å². The van der Waals surface area contributed by atoms with E-state index in [2.05, 4.69) is 5.32 Å². The molecular formula is C19H18FNO3S. The summed E-state index contributed by atoms with van der Waals surface area (Å²) in [6, 6.07) is 10.4. The molecule has 6 heteroatoms. The molecule has 0 saturated carbocycles. The number of benzene rings is 2. The molecule has 1 N–H and O–H groups in total. The third-order valence-electron chi connectivity index (χ3n) is 4.42. The molecule has 1 amide bonds. The molecular weight excluding hydrogens is 341 g/mol. The Morgan fingerprint density at radius 3 is 3.00 bits per heavy atom. The Kier molecular flexibility index (Phi) is 4.53. The number of amides is 1. The highest BCUT2D eigenvalue weighted by Crippen LogP contribution is 2.36. The molecule has 2 aliphatic heterocycles. The van der Waals surface area contributed by atoms with Crippen LogP contribution in [0.4, 0.5) is 4.39 Å². The highest BCUT2D eigenvalue weighted by atomic mass is 32.2. The van der Waals surface area contributed by atoms with Crippen molar-refractivity contribution in [3.8, 4) is 11.5 Å². The van der Waals surface area contributed by atoms with E-state index >= 15 is 0 Å². The topological polar surface area (TPSA) is 47.6 Å². The van der Waals surface area contributed by atoms with Crippen LogP contribution in [0.25, 0.3) is 0 Å². The molecule has 4 nitrogen and oxygen atoms in total. The first-order valence-electron chi connectivity index (χ1n) is 8.29. The summed E-state index contributed by atoms with van der Waals surface area (Å²) in [6.45, 7) is 0.245. The molecule has 0 fully saturated rings. The lowest BCUT2D eigenvalue weighted by atomic mass is 10.0. The lowest BCUT2D eigenvalue weighted by Gasteiger charge is -2.26. The minimum absolute atomic E-state index is 0.0234. The van der Waals surface area contributed by atoms with Crippen LogP contribution in [0, 0.1) is 5.82 Å². The van der Waals surface area contributed by atoms with Crippen LogP contribution in [0.2, 0.25) is 0 Å². The summed E-state index contributed by atoms with van der Waals surface area (Å²) >= 11 is 1.71. The second-order valence-electron chi connectivity index (χ2n) is 6.13. The fourth-order valence-electron chi connectivity index (χ4n) is 3.14. The van der Waals surface area contributed by atoms with Gasteiger partial charge in [-0.25, -0.2) is 4.39 Å². The SMILES string of the molecule is O=C(CCc1ccc2c(c1)OCO2)N[C@@H]1CCSc2ccc(F)cc21. The van der Waals surface area contributed by atoms with Gasteiger partial charge in [0.2, 0.25) is 12.7 Å². The highest BCUT2D eigenvalue weighted by molar-refractivity contribution is 7.99. The number of hydrogen-bond acceptors (Lipinski definition) is 4. The quantitative estimate of drug-likeness (QED) is 0.901. The van der Waals surface area contributed by atoms with Gasteiger partial charge in [0.05, 0.1) is 6.04 Å². The van der Waals surface area contributed by atoms with E-state index in [1.807, 2.05) is 18.2 Å². The van der Waals surface area contributed by atoms with Crippen molar-refractivity contribution in [1.29, 1.82) is 0 Å². The van der Waals surface area contributed by atoms with Gasteiger partial charge in [-0.1, -0.05) is 6.07 Å². The number of carbonyl (C=O) groups excluding carboxylic acids is 1. The fraction of sp³-hybridized carbons (Fsp3) is 0.316. The summed E-state index contributed by atoms with van der Waals surface area (Å²) in [5, 5.41) is 3.05. The zero-order valence-electron chi connectivity index (χ0n) is 13.6. The van der Waals surface area contributed by atoms with Crippen molar-refractivity contribution in [2.75, 3.05) is 12.5 Å². The van der Waals surface area contributed by atoms with Crippen LogP contribution in [0.15, 0.2) is 41.3 Å². The Morgan fingerprint density at radius 1 is 1.20 bits per heavy atom. The van der Waals surface area contributed by atoms with Crippen LogP contribution >= 0.6 is 11.8 Å². The lowest BCUT2D eigenvalue weighted by molar-refractivity contribution is -0.121. The predicted molar refractivity (Wildman–Crippen MR) is 93.5 cm³/mol. The number of fused-ring (bicyclic) bond motifs is 2. The van der Waals surface area contributed by atoms with Crippen LogP contribution in [-0.2, 0) is 11.2 Å². The van der Waals surface area contributed by atoms with Crippen molar-refractivity contribution in [2.45, 2.75) is 30.2 Å². The number of hydrogen-bond donors (Lipinski definition) is 1. The second-order valence-corrected chi connectivity index (χ2v) is 7.26. The van der Waals surface area contributed by atoms with E-state index in [1.165, 1.54) is 12.1 Å². The third-order valence-corrected chi connectivity index (χ3v) is 5.55. The van der Waals surface area contributed by atoms with Crippen molar-refractivity contribution in [1.82, 2.24) is 5.32 Å². The smallest absolute Gasteiger partial charge is 0.231 e. The molecule has 0 saturated heterocycles. The summed E-state index contributed by atoms with van der Waals surface area (Å²) in [7, 11) is 0. The maximum Gasteiger partial charge on any atom is 0.231 e. The lowest BCUT2D eigenvalue weighted by Crippen LogP contribution is -2.30. The summed E-state index contributed by atoms with van der Waals surface area (Å²) < 4.78 is 24.2. The minimum atomic E-state index is -0.263. The molecule has 1 atom stereocenters. The molecule has 0 aliphatic carbocycles. The first-order chi connectivity index (χ1) is 12.2. The Bertz CT molecular complexity index is 811.